The molecule has 0 spiro atoms. The summed E-state index contributed by atoms with van der Waals surface area (Å²) in [6.07, 6.45) is 11.4. The number of anilines is 2. The number of pyridine rings is 1. The molecule has 0 radical (unpaired) electrons. The van der Waals surface area contributed by atoms with Gasteiger partial charge in [-0.1, -0.05) is 38.1 Å². The number of hydrogen-bond acceptors (Lipinski definition) is 10. The number of nitrogens with one attached hydrogen (secondary N) is 1. The molecule has 5 aliphatic rings. The van der Waals surface area contributed by atoms with Crippen LogP contribution in [0.2, 0.25) is 0 Å². The zero-order valence-corrected chi connectivity index (χ0v) is 33.2. The fourth-order valence-electron chi connectivity index (χ4n) is 9.18. The van der Waals surface area contributed by atoms with E-state index in [4.69, 9.17) is 25.7 Å². The van der Waals surface area contributed by atoms with Crippen LogP contribution in [0.4, 0.5) is 11.5 Å². The molecule has 5 N–H and O–H groups in total. The maximum absolute atomic E-state index is 13.6. The van der Waals surface area contributed by atoms with Gasteiger partial charge in [0.25, 0.3) is 0 Å². The van der Waals surface area contributed by atoms with E-state index in [0.29, 0.717) is 67.2 Å². The van der Waals surface area contributed by atoms with Crippen LogP contribution in [0.25, 0.3) is 10.9 Å². The molecule has 58 heavy (non-hydrogen) atoms. The Morgan fingerprint density at radius 2 is 1.38 bits per heavy atom. The average molecular weight is 793 g/mol. The lowest BCUT2D eigenvalue weighted by atomic mass is 9.87. The number of primary amides is 1. The summed E-state index contributed by atoms with van der Waals surface area (Å²) >= 11 is 0. The first-order valence-corrected chi connectivity index (χ1v) is 20.5. The van der Waals surface area contributed by atoms with Crippen LogP contribution in [-0.2, 0) is 36.8 Å². The highest BCUT2D eigenvalue weighted by atomic mass is 16.5. The van der Waals surface area contributed by atoms with Gasteiger partial charge in [-0.3, -0.25) is 19.2 Å². The van der Waals surface area contributed by atoms with Crippen LogP contribution in [0.3, 0.4) is 0 Å². The minimum Gasteiger partial charge on any atom is -0.493 e. The second-order valence-electron chi connectivity index (χ2n) is 16.2. The molecule has 4 amide bonds. The molecule has 15 heteroatoms. The van der Waals surface area contributed by atoms with E-state index in [1.807, 2.05) is 30.3 Å². The molecule has 0 aliphatic carbocycles. The lowest BCUT2D eigenvalue weighted by Gasteiger charge is -2.39. The molecule has 9 rings (SSSR count). The highest BCUT2D eigenvalue weighted by Gasteiger charge is 2.38. The Hall–Kier alpha value is -5.70. The Balaban J connectivity index is 0.000000189. The van der Waals surface area contributed by atoms with E-state index in [-0.39, 0.29) is 18.3 Å². The molecular weight excluding hydrogens is 741 g/mol. The number of likely N-dealkylation sites (tertiary alicyclic amines) is 2. The molecule has 2 aromatic heterocycles. The predicted molar refractivity (Wildman–Crippen MR) is 216 cm³/mol. The normalized spacial score (nSPS) is 23.8. The molecule has 7 heterocycles. The molecule has 306 valence electrons. The summed E-state index contributed by atoms with van der Waals surface area (Å²) < 4.78 is 18.9. The number of hydrogen-bond donors (Lipinski definition) is 3. The number of fused-ring (bicyclic) bond motifs is 3. The number of ether oxygens (including phenoxy) is 3. The fourth-order valence-corrected chi connectivity index (χ4v) is 9.18. The van der Waals surface area contributed by atoms with Gasteiger partial charge >= 0.3 is 23.6 Å². The summed E-state index contributed by atoms with van der Waals surface area (Å²) in [4.78, 5) is 58.0. The van der Waals surface area contributed by atoms with E-state index in [9.17, 15) is 19.2 Å². The van der Waals surface area contributed by atoms with Crippen molar-refractivity contribution in [1.82, 2.24) is 24.6 Å². The summed E-state index contributed by atoms with van der Waals surface area (Å²) in [5.41, 5.74) is 16.7. The van der Waals surface area contributed by atoms with Crippen molar-refractivity contribution in [2.45, 2.75) is 89.9 Å². The van der Waals surface area contributed by atoms with Crippen molar-refractivity contribution in [2.75, 3.05) is 44.0 Å². The molecule has 2 aromatic carbocycles. The number of piperidine rings is 2. The second-order valence-corrected chi connectivity index (χ2v) is 16.2. The van der Waals surface area contributed by atoms with Gasteiger partial charge in [-0.05, 0) is 80.0 Å². The van der Waals surface area contributed by atoms with Gasteiger partial charge in [0, 0.05) is 49.9 Å². The molecule has 0 bridgehead atoms. The number of nitrogens with two attached hydrogens (primary N) is 2. The minimum absolute atomic E-state index is 0.0714. The van der Waals surface area contributed by atoms with Crippen molar-refractivity contribution in [3.05, 3.63) is 71.0 Å². The number of benzene rings is 2. The SMILES string of the molecule is C[C@H]1CC[C@H](c2cccc3c2CCO3)N(C(=O)C(=O)Nc2cnc(N)c3cn(C4CCCCO4)nc23)C1.C[C@H]1CC[C@H](c2cccc3c2CCO3)N(C(=O)C(N)=O)C1. The Bertz CT molecular complexity index is 2220. The van der Waals surface area contributed by atoms with Crippen molar-refractivity contribution in [2.24, 2.45) is 17.6 Å². The standard InChI is InChI=1S/C27H32N6O4.C16H20N2O3/c1-16-8-9-21(17-5-4-6-22-18(17)10-12-36-22)32(14-16)27(35)26(34)30-20-13-29-25(28)19-15-33(31-24(19)20)23-7-2-3-11-37-23;1-10-5-6-13(18(9-10)16(20)15(17)19)11-3-2-4-14-12(11)7-8-21-14/h4-6,13,15-16,21,23H,2-3,7-12,14H2,1H3,(H2,28,29)(H,30,34);2-4,10,13H,5-9H2,1H3,(H2,17,19)/t16-,21+,23?;10-,13+/m00/s1. The first-order chi connectivity index (χ1) is 28.1. The highest BCUT2D eigenvalue weighted by molar-refractivity contribution is 6.40. The lowest BCUT2D eigenvalue weighted by Crippen LogP contribution is -2.47. The fraction of sp³-hybridized carbons (Fsp3) is 0.488. The maximum atomic E-state index is 13.6. The Labute approximate surface area is 337 Å². The van der Waals surface area contributed by atoms with Crippen LogP contribution in [0.5, 0.6) is 11.5 Å². The molecule has 3 saturated heterocycles. The van der Waals surface area contributed by atoms with Crippen molar-refractivity contribution in [3.63, 3.8) is 0 Å². The number of nitrogens with zero attached hydrogens (tertiary/aromatic N) is 5. The number of amides is 4. The van der Waals surface area contributed by atoms with E-state index >= 15 is 0 Å². The highest BCUT2D eigenvalue weighted by Crippen LogP contribution is 2.41. The molecule has 4 aromatic rings. The van der Waals surface area contributed by atoms with E-state index in [0.717, 1.165) is 86.0 Å². The average Bonchev–Trinajstić information content (AvgIpc) is 4.03. The molecule has 3 fully saturated rings. The number of carbonyl (C=O) groups is 4. The van der Waals surface area contributed by atoms with Gasteiger partial charge in [0.1, 0.15) is 29.1 Å². The largest absolute Gasteiger partial charge is 0.493 e. The first-order valence-electron chi connectivity index (χ1n) is 20.5. The molecule has 5 aliphatic heterocycles. The van der Waals surface area contributed by atoms with Gasteiger partial charge in [0.2, 0.25) is 0 Å². The maximum Gasteiger partial charge on any atom is 0.314 e. The quantitative estimate of drug-likeness (QED) is 0.237. The molecule has 5 atom stereocenters. The van der Waals surface area contributed by atoms with Crippen LogP contribution in [0, 0.1) is 11.8 Å². The number of carbonyl (C=O) groups excluding carboxylic acids is 4. The van der Waals surface area contributed by atoms with Crippen LogP contribution >= 0.6 is 0 Å². The minimum atomic E-state index is -0.877. The van der Waals surface area contributed by atoms with Crippen LogP contribution < -0.4 is 26.3 Å². The summed E-state index contributed by atoms with van der Waals surface area (Å²) in [5.74, 6) is 0.0490. The van der Waals surface area contributed by atoms with E-state index in [1.165, 1.54) is 11.8 Å². The summed E-state index contributed by atoms with van der Waals surface area (Å²) in [7, 11) is 0. The van der Waals surface area contributed by atoms with Gasteiger partial charge in [0.15, 0.2) is 0 Å². The molecular formula is C43H52N8O7. The zero-order chi connectivity index (χ0) is 40.5. The summed E-state index contributed by atoms with van der Waals surface area (Å²) in [6.45, 7) is 7.30. The molecule has 15 nitrogen and oxygen atoms in total. The topological polar surface area (TPSA) is 197 Å². The van der Waals surface area contributed by atoms with Crippen LogP contribution in [-0.4, -0.2) is 81.1 Å². The van der Waals surface area contributed by atoms with Gasteiger partial charge in [-0.15, -0.1) is 0 Å². The molecule has 1 unspecified atom stereocenters. The van der Waals surface area contributed by atoms with Crippen molar-refractivity contribution < 1.29 is 33.4 Å². The lowest BCUT2D eigenvalue weighted by molar-refractivity contribution is -0.147. The van der Waals surface area contributed by atoms with Crippen molar-refractivity contribution in [3.8, 4) is 11.5 Å². The number of rotatable bonds is 4. The van der Waals surface area contributed by atoms with Crippen molar-refractivity contribution in [1.29, 1.82) is 0 Å². The van der Waals surface area contributed by atoms with E-state index < -0.39 is 23.6 Å². The third-order valence-electron chi connectivity index (χ3n) is 12.1. The second kappa shape index (κ2) is 16.6. The smallest absolute Gasteiger partial charge is 0.314 e. The van der Waals surface area contributed by atoms with Gasteiger partial charge in [0.05, 0.1) is 42.6 Å². The summed E-state index contributed by atoms with van der Waals surface area (Å²) in [6, 6.07) is 11.7. The van der Waals surface area contributed by atoms with Crippen LogP contribution in [0.15, 0.2) is 48.8 Å². The monoisotopic (exact) mass is 792 g/mol. The van der Waals surface area contributed by atoms with Crippen molar-refractivity contribution >= 4 is 46.0 Å². The zero-order valence-electron chi connectivity index (χ0n) is 33.2. The van der Waals surface area contributed by atoms with Gasteiger partial charge < -0.3 is 40.8 Å². The summed E-state index contributed by atoms with van der Waals surface area (Å²) in [5, 5.41) is 8.04. The third kappa shape index (κ3) is 7.79. The van der Waals surface area contributed by atoms with Gasteiger partial charge in [-0.25, -0.2) is 9.67 Å². The van der Waals surface area contributed by atoms with E-state index in [2.05, 4.69) is 35.3 Å². The Morgan fingerprint density at radius 1 is 0.776 bits per heavy atom. The predicted octanol–water partition coefficient (Wildman–Crippen LogP) is 4.99. The Kier molecular flexibility index (Phi) is 11.2. The van der Waals surface area contributed by atoms with Gasteiger partial charge in [-0.2, -0.15) is 5.10 Å². The Morgan fingerprint density at radius 3 is 1.95 bits per heavy atom. The van der Waals surface area contributed by atoms with Crippen LogP contribution in [0.1, 0.15) is 99.4 Å². The van der Waals surface area contributed by atoms with E-state index in [1.54, 1.807) is 20.7 Å². The number of aromatic nitrogens is 3. The third-order valence-corrected chi connectivity index (χ3v) is 12.1. The molecule has 0 saturated carbocycles. The first kappa shape index (κ1) is 39.1. The number of nitrogen functional groups attached to an aromatic ring is 1.